The Morgan fingerprint density at radius 3 is 2.06 bits per heavy atom. The molecule has 194 valence electrons. The molecular formula is C19H37N9O6. The minimum Gasteiger partial charge on any atom is -0.480 e. The quantitative estimate of drug-likeness (QED) is 0.0511. The zero-order valence-corrected chi connectivity index (χ0v) is 19.1. The molecule has 0 aliphatic heterocycles. The fraction of sp³-hybridized carbons (Fsp3) is 0.684. The number of aliphatic imine (C=N–C) groups is 1. The van der Waals surface area contributed by atoms with Gasteiger partial charge in [0, 0.05) is 13.0 Å². The van der Waals surface area contributed by atoms with Crippen molar-refractivity contribution < 1.29 is 29.1 Å². The molecule has 0 saturated heterocycles. The predicted molar refractivity (Wildman–Crippen MR) is 124 cm³/mol. The topological polar surface area (TPSA) is 284 Å². The van der Waals surface area contributed by atoms with E-state index in [9.17, 15) is 29.1 Å². The van der Waals surface area contributed by atoms with Crippen LogP contribution in [0.2, 0.25) is 0 Å². The van der Waals surface area contributed by atoms with Crippen LogP contribution in [-0.4, -0.2) is 78.4 Å². The van der Waals surface area contributed by atoms with Gasteiger partial charge >= 0.3 is 5.97 Å². The van der Waals surface area contributed by atoms with Crippen molar-refractivity contribution in [3.63, 3.8) is 0 Å². The number of carboxylic acid groups (broad SMARTS) is 1. The van der Waals surface area contributed by atoms with Gasteiger partial charge in [-0.2, -0.15) is 0 Å². The first-order chi connectivity index (χ1) is 16.0. The van der Waals surface area contributed by atoms with Crippen LogP contribution in [0.4, 0.5) is 0 Å². The van der Waals surface area contributed by atoms with Crippen molar-refractivity contribution in [2.45, 2.75) is 63.1 Å². The summed E-state index contributed by atoms with van der Waals surface area (Å²) >= 11 is 0. The molecule has 14 N–H and O–H groups in total. The third-order valence-corrected chi connectivity index (χ3v) is 4.62. The van der Waals surface area contributed by atoms with Crippen molar-refractivity contribution in [3.05, 3.63) is 0 Å². The van der Waals surface area contributed by atoms with Gasteiger partial charge in [0.25, 0.3) is 0 Å². The van der Waals surface area contributed by atoms with E-state index < -0.39 is 54.3 Å². The molecule has 0 aromatic carbocycles. The van der Waals surface area contributed by atoms with Gasteiger partial charge in [0.2, 0.25) is 23.6 Å². The fourth-order valence-corrected chi connectivity index (χ4v) is 2.77. The molecule has 34 heavy (non-hydrogen) atoms. The highest BCUT2D eigenvalue weighted by Crippen LogP contribution is 2.03. The predicted octanol–water partition coefficient (Wildman–Crippen LogP) is -4.07. The number of hydrogen-bond acceptors (Lipinski definition) is 8. The number of primary amides is 1. The first kappa shape index (κ1) is 30.5. The molecule has 0 fully saturated rings. The van der Waals surface area contributed by atoms with Gasteiger partial charge in [0.05, 0.1) is 12.6 Å². The van der Waals surface area contributed by atoms with Crippen LogP contribution < -0.4 is 44.6 Å². The number of nitrogens with zero attached hydrogens (tertiary/aromatic N) is 1. The summed E-state index contributed by atoms with van der Waals surface area (Å²) in [5.74, 6) is -4.04. The van der Waals surface area contributed by atoms with E-state index in [4.69, 9.17) is 28.7 Å². The van der Waals surface area contributed by atoms with Crippen molar-refractivity contribution >= 4 is 35.6 Å². The van der Waals surface area contributed by atoms with E-state index in [1.54, 1.807) is 0 Å². The highest BCUT2D eigenvalue weighted by atomic mass is 16.4. The Labute approximate surface area is 197 Å². The molecule has 0 aromatic rings. The lowest BCUT2D eigenvalue weighted by molar-refractivity contribution is -0.142. The minimum absolute atomic E-state index is 0.00730. The number of guanidine groups is 1. The third-order valence-electron chi connectivity index (χ3n) is 4.62. The second kappa shape index (κ2) is 17.1. The molecule has 0 aliphatic carbocycles. The summed E-state index contributed by atoms with van der Waals surface area (Å²) in [7, 11) is 0. The van der Waals surface area contributed by atoms with E-state index in [1.807, 2.05) is 0 Å². The van der Waals surface area contributed by atoms with Crippen LogP contribution >= 0.6 is 0 Å². The van der Waals surface area contributed by atoms with Gasteiger partial charge in [-0.15, -0.1) is 0 Å². The van der Waals surface area contributed by atoms with E-state index in [2.05, 4.69) is 20.9 Å². The minimum atomic E-state index is -1.20. The Balaban J connectivity index is 4.95. The van der Waals surface area contributed by atoms with Crippen LogP contribution in [0.25, 0.3) is 0 Å². The summed E-state index contributed by atoms with van der Waals surface area (Å²) in [5.41, 5.74) is 26.7. The highest BCUT2D eigenvalue weighted by Gasteiger charge is 2.25. The summed E-state index contributed by atoms with van der Waals surface area (Å²) in [6, 6.07) is -3.27. The van der Waals surface area contributed by atoms with E-state index in [-0.39, 0.29) is 38.2 Å². The largest absolute Gasteiger partial charge is 0.480 e. The molecule has 0 aliphatic rings. The molecule has 0 aromatic heterocycles. The lowest BCUT2D eigenvalue weighted by Crippen LogP contribution is -2.53. The summed E-state index contributed by atoms with van der Waals surface area (Å²) in [5, 5.41) is 16.4. The summed E-state index contributed by atoms with van der Waals surface area (Å²) in [4.78, 5) is 63.0. The van der Waals surface area contributed by atoms with Crippen molar-refractivity contribution in [1.82, 2.24) is 16.0 Å². The van der Waals surface area contributed by atoms with Gasteiger partial charge in [-0.25, -0.2) is 4.79 Å². The molecule has 0 heterocycles. The smallest absolute Gasteiger partial charge is 0.326 e. The Morgan fingerprint density at radius 1 is 0.853 bits per heavy atom. The van der Waals surface area contributed by atoms with Gasteiger partial charge < -0.3 is 49.7 Å². The number of aliphatic carboxylic acids is 1. The lowest BCUT2D eigenvalue weighted by atomic mass is 10.1. The number of carbonyl (C=O) groups excluding carboxylic acids is 4. The summed E-state index contributed by atoms with van der Waals surface area (Å²) in [6.07, 6.45) is 1.65. The Kier molecular flexibility index (Phi) is 15.3. The Bertz CT molecular complexity index is 727. The average molecular weight is 488 g/mol. The van der Waals surface area contributed by atoms with E-state index in [0.717, 1.165) is 0 Å². The van der Waals surface area contributed by atoms with Crippen molar-refractivity contribution in [2.24, 2.45) is 33.7 Å². The number of nitrogens with one attached hydrogen (secondary N) is 3. The van der Waals surface area contributed by atoms with Crippen molar-refractivity contribution in [3.8, 4) is 0 Å². The number of carboxylic acids is 1. The van der Waals surface area contributed by atoms with Crippen LogP contribution in [0.15, 0.2) is 4.99 Å². The maximum atomic E-state index is 12.6. The third kappa shape index (κ3) is 14.6. The molecule has 0 saturated carbocycles. The Hall–Kier alpha value is -3.46. The number of nitrogens with two attached hydrogens (primary N) is 5. The van der Waals surface area contributed by atoms with Gasteiger partial charge in [-0.05, 0) is 45.1 Å². The maximum absolute atomic E-state index is 12.6. The first-order valence-electron chi connectivity index (χ1n) is 10.9. The molecule has 4 amide bonds. The van der Waals surface area contributed by atoms with Crippen molar-refractivity contribution in [2.75, 3.05) is 19.6 Å². The maximum Gasteiger partial charge on any atom is 0.326 e. The van der Waals surface area contributed by atoms with Crippen molar-refractivity contribution in [1.29, 1.82) is 0 Å². The summed E-state index contributed by atoms with van der Waals surface area (Å²) in [6.45, 7) is 0.0889. The molecule has 0 radical (unpaired) electrons. The molecular weight excluding hydrogens is 450 g/mol. The zero-order valence-electron chi connectivity index (χ0n) is 19.1. The molecule has 0 rings (SSSR count). The normalized spacial score (nSPS) is 13.1. The number of amides is 4. The van der Waals surface area contributed by atoms with Crippen LogP contribution in [0.3, 0.4) is 0 Å². The van der Waals surface area contributed by atoms with E-state index in [1.165, 1.54) is 0 Å². The number of carbonyl (C=O) groups is 5. The molecule has 0 spiro atoms. The van der Waals surface area contributed by atoms with E-state index in [0.29, 0.717) is 25.8 Å². The van der Waals surface area contributed by atoms with Gasteiger partial charge in [0.1, 0.15) is 12.1 Å². The molecule has 15 heteroatoms. The summed E-state index contributed by atoms with van der Waals surface area (Å²) < 4.78 is 0. The standard InChI is InChI=1S/C19H37N9O6/c20-8-2-1-4-13(18(33)34)27-15(30)10-26-17(32)12(5-3-9-25-19(23)24)28-16(31)11(21)6-7-14(22)29/h11-13H,1-10,20-21H2,(H2,22,29)(H,26,32)(H,27,30)(H,28,31)(H,33,34)(H4,23,24,25). The molecule has 3 atom stereocenters. The number of unbranched alkanes of at least 4 members (excludes halogenated alkanes) is 1. The second-order valence-electron chi connectivity index (χ2n) is 7.58. The van der Waals surface area contributed by atoms with Gasteiger partial charge in [-0.3, -0.25) is 24.2 Å². The monoisotopic (exact) mass is 487 g/mol. The second-order valence-corrected chi connectivity index (χ2v) is 7.58. The van der Waals surface area contributed by atoms with Gasteiger partial charge in [0.15, 0.2) is 5.96 Å². The fourth-order valence-electron chi connectivity index (χ4n) is 2.77. The van der Waals surface area contributed by atoms with Gasteiger partial charge in [-0.1, -0.05) is 0 Å². The molecule has 15 nitrogen and oxygen atoms in total. The molecule has 0 bridgehead atoms. The van der Waals surface area contributed by atoms with Crippen LogP contribution in [0, 0.1) is 0 Å². The molecule has 3 unspecified atom stereocenters. The first-order valence-corrected chi connectivity index (χ1v) is 10.9. The average Bonchev–Trinajstić information content (AvgIpc) is 2.76. The van der Waals surface area contributed by atoms with Crippen LogP contribution in [0.1, 0.15) is 44.9 Å². The van der Waals surface area contributed by atoms with Crippen LogP contribution in [-0.2, 0) is 24.0 Å². The Morgan fingerprint density at radius 2 is 1.50 bits per heavy atom. The zero-order chi connectivity index (χ0) is 26.1. The highest BCUT2D eigenvalue weighted by molar-refractivity contribution is 5.92. The van der Waals surface area contributed by atoms with E-state index >= 15 is 0 Å². The number of hydrogen-bond donors (Lipinski definition) is 9. The lowest BCUT2D eigenvalue weighted by Gasteiger charge is -2.21. The van der Waals surface area contributed by atoms with Crippen LogP contribution in [0.5, 0.6) is 0 Å². The number of rotatable bonds is 18. The SMILES string of the molecule is NCCCCC(NC(=O)CNC(=O)C(CCCN=C(N)N)NC(=O)C(N)CCC(N)=O)C(=O)O.